The predicted octanol–water partition coefficient (Wildman–Crippen LogP) is 5.41. The summed E-state index contributed by atoms with van der Waals surface area (Å²) >= 11 is 2.78. The number of carbonyl (C=O) groups excluding carboxylic acids is 1. The second kappa shape index (κ2) is 8.05. The van der Waals surface area contributed by atoms with E-state index in [1.54, 1.807) is 12.1 Å². The lowest BCUT2D eigenvalue weighted by Crippen LogP contribution is -2.35. The highest BCUT2D eigenvalue weighted by molar-refractivity contribution is 8.27. The Morgan fingerprint density at radius 1 is 1.06 bits per heavy atom. The number of nitrogens with zero attached hydrogens (tertiary/aromatic N) is 3. The number of amidine groups is 2. The van der Waals surface area contributed by atoms with Crippen LogP contribution in [0.4, 0.5) is 0 Å². The summed E-state index contributed by atoms with van der Waals surface area (Å²) in [5.74, 6) is -0.00422. The first kappa shape index (κ1) is 19.6. The zero-order chi connectivity index (χ0) is 21.4. The number of carbonyl (C=O) groups is 1. The number of benzene rings is 2. The van der Waals surface area contributed by atoms with Gasteiger partial charge in [0.05, 0.1) is 5.57 Å². The maximum absolute atomic E-state index is 12.6. The van der Waals surface area contributed by atoms with Gasteiger partial charge in [-0.15, -0.1) is 0 Å². The standard InChI is InChI=1S/C23H16N4O2S2/c1-14-7-10-17(11-8-14)30-19-12-9-16(29-19)13-18-20(24)27-23(25-21(18)28)31-22(26-27)15-5-3-2-4-6-15/h2-13,24H,1H3. The van der Waals surface area contributed by atoms with Crippen LogP contribution in [-0.2, 0) is 4.79 Å². The Bertz CT molecular complexity index is 1270. The molecule has 152 valence electrons. The minimum atomic E-state index is -0.475. The summed E-state index contributed by atoms with van der Waals surface area (Å²) in [5, 5.41) is 16.2. The molecule has 1 amide bonds. The number of amides is 1. The van der Waals surface area contributed by atoms with Gasteiger partial charge in [0.2, 0.25) is 5.17 Å². The van der Waals surface area contributed by atoms with E-state index >= 15 is 0 Å². The van der Waals surface area contributed by atoms with E-state index in [2.05, 4.69) is 10.1 Å². The van der Waals surface area contributed by atoms with Crippen molar-refractivity contribution in [3.8, 4) is 0 Å². The zero-order valence-electron chi connectivity index (χ0n) is 16.4. The van der Waals surface area contributed by atoms with Crippen molar-refractivity contribution >= 4 is 51.6 Å². The SMILES string of the molecule is Cc1ccc(Sc2ccc(C=C3C(=N)N4N=C(c5ccccc5)SC4=NC3=O)o2)cc1. The lowest BCUT2D eigenvalue weighted by atomic mass is 10.1. The molecule has 2 aromatic carbocycles. The molecular weight excluding hydrogens is 428 g/mol. The first-order valence-electron chi connectivity index (χ1n) is 9.47. The Labute approximate surface area is 187 Å². The van der Waals surface area contributed by atoms with Gasteiger partial charge in [0.15, 0.2) is 10.9 Å². The fourth-order valence-electron chi connectivity index (χ4n) is 3.02. The number of hydrogen-bond donors (Lipinski definition) is 1. The van der Waals surface area contributed by atoms with E-state index in [1.165, 1.54) is 34.1 Å². The molecular formula is C23H16N4O2S2. The van der Waals surface area contributed by atoms with E-state index in [9.17, 15) is 4.79 Å². The maximum atomic E-state index is 12.6. The van der Waals surface area contributed by atoms with Crippen molar-refractivity contribution in [3.63, 3.8) is 0 Å². The number of nitrogens with one attached hydrogen (secondary N) is 1. The average Bonchev–Trinajstić information content (AvgIpc) is 3.40. The van der Waals surface area contributed by atoms with E-state index in [1.807, 2.05) is 67.6 Å². The molecule has 6 nitrogen and oxygen atoms in total. The van der Waals surface area contributed by atoms with Crippen LogP contribution in [0.2, 0.25) is 0 Å². The van der Waals surface area contributed by atoms with E-state index in [0.717, 1.165) is 10.5 Å². The summed E-state index contributed by atoms with van der Waals surface area (Å²) in [6, 6.07) is 21.4. The van der Waals surface area contributed by atoms with Gasteiger partial charge >= 0.3 is 0 Å². The third-order valence-corrected chi connectivity index (χ3v) is 6.49. The van der Waals surface area contributed by atoms with E-state index in [0.29, 0.717) is 21.1 Å². The van der Waals surface area contributed by atoms with Gasteiger partial charge < -0.3 is 4.42 Å². The molecule has 1 aromatic heterocycles. The van der Waals surface area contributed by atoms with Crippen molar-refractivity contribution in [1.82, 2.24) is 5.01 Å². The number of hydrazone groups is 1. The molecule has 0 unspecified atom stereocenters. The Hall–Kier alpha value is -3.36. The monoisotopic (exact) mass is 444 g/mol. The Morgan fingerprint density at radius 3 is 2.61 bits per heavy atom. The first-order chi connectivity index (χ1) is 15.1. The molecule has 0 fully saturated rings. The van der Waals surface area contributed by atoms with Crippen LogP contribution in [0.25, 0.3) is 6.08 Å². The van der Waals surface area contributed by atoms with Gasteiger partial charge in [-0.3, -0.25) is 10.2 Å². The molecule has 3 heterocycles. The Kier molecular flexibility index (Phi) is 5.09. The number of hydrogen-bond acceptors (Lipinski definition) is 6. The molecule has 0 aliphatic carbocycles. The molecule has 0 saturated heterocycles. The zero-order valence-corrected chi connectivity index (χ0v) is 18.0. The van der Waals surface area contributed by atoms with E-state index < -0.39 is 5.91 Å². The summed E-state index contributed by atoms with van der Waals surface area (Å²) in [6.07, 6.45) is 1.55. The fourth-order valence-corrected chi connectivity index (χ4v) is 4.70. The molecule has 5 rings (SSSR count). The molecule has 31 heavy (non-hydrogen) atoms. The smallest absolute Gasteiger partial charge is 0.283 e. The van der Waals surface area contributed by atoms with Crippen LogP contribution in [0.15, 0.2) is 96.8 Å². The van der Waals surface area contributed by atoms with Gasteiger partial charge in [0, 0.05) is 10.5 Å². The number of aliphatic imine (C=N–C) groups is 1. The molecule has 1 N–H and O–H groups in total. The normalized spacial score (nSPS) is 17.1. The van der Waals surface area contributed by atoms with Crippen LogP contribution in [0, 0.1) is 12.3 Å². The molecule has 0 bridgehead atoms. The summed E-state index contributed by atoms with van der Waals surface area (Å²) in [5.41, 5.74) is 2.25. The number of rotatable bonds is 4. The highest BCUT2D eigenvalue weighted by Crippen LogP contribution is 2.33. The summed E-state index contributed by atoms with van der Waals surface area (Å²) in [7, 11) is 0. The van der Waals surface area contributed by atoms with Crippen molar-refractivity contribution in [2.75, 3.05) is 0 Å². The van der Waals surface area contributed by atoms with Crippen molar-refractivity contribution in [2.24, 2.45) is 10.1 Å². The summed E-state index contributed by atoms with van der Waals surface area (Å²) in [4.78, 5) is 17.8. The minimum Gasteiger partial charge on any atom is -0.450 e. The second-order valence-corrected chi connectivity index (χ2v) is 8.90. The Morgan fingerprint density at radius 2 is 1.84 bits per heavy atom. The highest BCUT2D eigenvalue weighted by Gasteiger charge is 2.36. The van der Waals surface area contributed by atoms with Crippen LogP contribution in [-0.4, -0.2) is 27.0 Å². The van der Waals surface area contributed by atoms with Crippen molar-refractivity contribution in [2.45, 2.75) is 16.9 Å². The van der Waals surface area contributed by atoms with Gasteiger partial charge in [0.25, 0.3) is 5.91 Å². The second-order valence-electron chi connectivity index (χ2n) is 6.86. The molecule has 0 spiro atoms. The summed E-state index contributed by atoms with van der Waals surface area (Å²) < 4.78 is 5.85. The van der Waals surface area contributed by atoms with E-state index in [-0.39, 0.29) is 11.4 Å². The van der Waals surface area contributed by atoms with Crippen LogP contribution < -0.4 is 0 Å². The number of thioether (sulfide) groups is 1. The lowest BCUT2D eigenvalue weighted by Gasteiger charge is -2.19. The quantitative estimate of drug-likeness (QED) is 0.545. The molecule has 3 aromatic rings. The van der Waals surface area contributed by atoms with Crippen LogP contribution in [0.5, 0.6) is 0 Å². The van der Waals surface area contributed by atoms with Gasteiger partial charge in [-0.05, 0) is 49.0 Å². The highest BCUT2D eigenvalue weighted by atomic mass is 32.2. The molecule has 2 aliphatic heterocycles. The minimum absolute atomic E-state index is 0.0161. The number of fused-ring (bicyclic) bond motifs is 1. The molecule has 8 heteroatoms. The third kappa shape index (κ3) is 3.99. The van der Waals surface area contributed by atoms with Crippen LogP contribution in [0.1, 0.15) is 16.9 Å². The van der Waals surface area contributed by atoms with Crippen molar-refractivity contribution in [1.29, 1.82) is 5.41 Å². The van der Waals surface area contributed by atoms with Crippen molar-refractivity contribution in [3.05, 3.63) is 89.2 Å². The van der Waals surface area contributed by atoms with Gasteiger partial charge in [-0.2, -0.15) is 15.1 Å². The lowest BCUT2D eigenvalue weighted by molar-refractivity contribution is -0.114. The number of furan rings is 1. The van der Waals surface area contributed by atoms with Gasteiger partial charge in [0.1, 0.15) is 10.8 Å². The summed E-state index contributed by atoms with van der Waals surface area (Å²) in [6.45, 7) is 2.04. The molecule has 0 saturated carbocycles. The average molecular weight is 445 g/mol. The first-order valence-corrected chi connectivity index (χ1v) is 11.1. The van der Waals surface area contributed by atoms with Gasteiger partial charge in [-0.25, -0.2) is 0 Å². The van der Waals surface area contributed by atoms with Crippen LogP contribution >= 0.6 is 23.5 Å². The molecule has 2 aliphatic rings. The number of aryl methyl sites for hydroxylation is 1. The van der Waals surface area contributed by atoms with Crippen LogP contribution in [0.3, 0.4) is 0 Å². The predicted molar refractivity (Wildman–Crippen MR) is 125 cm³/mol. The topological polar surface area (TPSA) is 82.0 Å². The third-order valence-electron chi connectivity index (χ3n) is 4.60. The Balaban J connectivity index is 1.38. The fraction of sp³-hybridized carbons (Fsp3) is 0.0435. The van der Waals surface area contributed by atoms with Crippen molar-refractivity contribution < 1.29 is 9.21 Å². The van der Waals surface area contributed by atoms with Gasteiger partial charge in [-0.1, -0.05) is 59.8 Å². The maximum Gasteiger partial charge on any atom is 0.283 e. The molecule has 0 atom stereocenters. The largest absolute Gasteiger partial charge is 0.450 e. The molecule has 0 radical (unpaired) electrons. The van der Waals surface area contributed by atoms with E-state index in [4.69, 9.17) is 9.83 Å².